The van der Waals surface area contributed by atoms with Crippen LogP contribution in [0.4, 0.5) is 0 Å². The fourth-order valence-corrected chi connectivity index (χ4v) is 13.0. The molecule has 1 aromatic rings. The highest BCUT2D eigenvalue weighted by Gasteiger charge is 2.70. The molecule has 386 valence electrons. The first-order valence-corrected chi connectivity index (χ1v) is 25.4. The normalized spacial score (nSPS) is 38.9. The largest absolute Gasteiger partial charge is 0.497 e. The molecule has 0 spiro atoms. The smallest absolute Gasteiger partial charge is 0.338 e. The number of rotatable bonds is 20. The van der Waals surface area contributed by atoms with Crippen LogP contribution in [0.3, 0.4) is 0 Å². The lowest BCUT2D eigenvalue weighted by Gasteiger charge is -2.59. The number of carbonyl (C=O) groups is 3. The number of esters is 3. The molecule has 5 fully saturated rings. The van der Waals surface area contributed by atoms with Gasteiger partial charge in [0, 0.05) is 24.7 Å². The monoisotopic (exact) mass is 971 g/mol. The number of ether oxygens (including phenoxy) is 8. The van der Waals surface area contributed by atoms with Gasteiger partial charge >= 0.3 is 17.9 Å². The fourth-order valence-electron chi connectivity index (χ4n) is 13.0. The lowest BCUT2D eigenvalue weighted by atomic mass is 9.46. The number of carbonyl (C=O) groups excluding carboxylic acids is 3. The van der Waals surface area contributed by atoms with Gasteiger partial charge < -0.3 is 63.4 Å². The molecule has 0 radical (unpaired) electrons. The second-order valence-electron chi connectivity index (χ2n) is 21.1. The summed E-state index contributed by atoms with van der Waals surface area (Å²) in [7, 11) is 1.48. The summed E-state index contributed by atoms with van der Waals surface area (Å²) in [4.78, 5) is 39.5. The van der Waals surface area contributed by atoms with Gasteiger partial charge in [0.05, 0.1) is 44.7 Å². The number of benzene rings is 1. The molecule has 0 amide bonds. The third kappa shape index (κ3) is 11.3. The van der Waals surface area contributed by atoms with Crippen molar-refractivity contribution >= 4 is 17.9 Å². The number of unbranched alkanes of at least 4 members (excludes halogenated alkanes) is 6. The SMILES string of the molecule is C=CCCCCCCCCC(=O)OC[C@@H](C)[C@@]1(O)[C@@H](O[C@@H]2OC[C@H](O)[C@H](O[C@@H]3OC[C@@H](O)[C@H](O)[C@H]3OC(=O)c3ccc(OC)cc3)[C@H]2OC(C)=O)C[C@H]2[C@@H]3CC=C4C[C@@H](O)CC[C@]4(C)[C@H]3CC[C@@]21C. The number of fused-ring (bicyclic) bond motifs is 5. The molecule has 6 aliphatic rings. The van der Waals surface area contributed by atoms with Gasteiger partial charge in [-0.2, -0.15) is 0 Å². The molecule has 0 bridgehead atoms. The Morgan fingerprint density at radius 1 is 0.855 bits per heavy atom. The van der Waals surface area contributed by atoms with Crippen molar-refractivity contribution < 1.29 is 77.8 Å². The third-order valence-electron chi connectivity index (χ3n) is 16.9. The van der Waals surface area contributed by atoms with E-state index in [9.17, 15) is 39.9 Å². The Morgan fingerprint density at radius 2 is 1.54 bits per heavy atom. The molecule has 0 aromatic heterocycles. The molecule has 5 N–H and O–H groups in total. The molecular formula is C53H78O16. The van der Waals surface area contributed by atoms with Gasteiger partial charge in [-0.15, -0.1) is 6.58 Å². The van der Waals surface area contributed by atoms with Gasteiger partial charge in [-0.1, -0.05) is 64.2 Å². The summed E-state index contributed by atoms with van der Waals surface area (Å²) in [5, 5.41) is 57.5. The Labute approximate surface area is 407 Å². The average molecular weight is 971 g/mol. The zero-order valence-corrected chi connectivity index (χ0v) is 41.2. The number of aliphatic hydroxyl groups is 5. The summed E-state index contributed by atoms with van der Waals surface area (Å²) in [6.45, 7) is 10.5. The van der Waals surface area contributed by atoms with Crippen LogP contribution in [-0.4, -0.2) is 137 Å². The third-order valence-corrected chi connectivity index (χ3v) is 16.9. The molecule has 2 heterocycles. The molecule has 4 aliphatic carbocycles. The van der Waals surface area contributed by atoms with E-state index in [1.165, 1.54) is 31.7 Å². The Morgan fingerprint density at radius 3 is 2.23 bits per heavy atom. The van der Waals surface area contributed by atoms with Crippen molar-refractivity contribution in [3.8, 4) is 5.75 Å². The molecule has 7 rings (SSSR count). The molecule has 17 atom stereocenters. The van der Waals surface area contributed by atoms with Crippen LogP contribution >= 0.6 is 0 Å². The van der Waals surface area contributed by atoms with Crippen molar-refractivity contribution in [1.82, 2.24) is 0 Å². The fraction of sp³-hybridized carbons (Fsp3) is 0.755. The van der Waals surface area contributed by atoms with E-state index in [1.54, 1.807) is 12.1 Å². The van der Waals surface area contributed by atoms with Gasteiger partial charge in [0.15, 0.2) is 24.8 Å². The zero-order valence-electron chi connectivity index (χ0n) is 41.2. The number of hydrogen-bond acceptors (Lipinski definition) is 16. The lowest BCUT2D eigenvalue weighted by molar-refractivity contribution is -0.345. The lowest BCUT2D eigenvalue weighted by Crippen LogP contribution is -2.64. The molecule has 3 saturated carbocycles. The number of aliphatic hydroxyl groups excluding tert-OH is 4. The van der Waals surface area contributed by atoms with Crippen molar-refractivity contribution in [3.63, 3.8) is 0 Å². The number of allylic oxidation sites excluding steroid dienone is 2. The zero-order chi connectivity index (χ0) is 49.7. The van der Waals surface area contributed by atoms with Crippen molar-refractivity contribution in [2.24, 2.45) is 34.5 Å². The van der Waals surface area contributed by atoms with Crippen LogP contribution in [0.15, 0.2) is 48.6 Å². The van der Waals surface area contributed by atoms with E-state index in [1.807, 2.05) is 13.0 Å². The molecule has 16 heteroatoms. The maximum Gasteiger partial charge on any atom is 0.338 e. The summed E-state index contributed by atoms with van der Waals surface area (Å²) in [6, 6.07) is 6.05. The minimum absolute atomic E-state index is 0.0459. The standard InChI is InChI=1S/C53H78O16/c1-7-8-9-10-11-12-13-14-15-43(58)63-28-31(2)53(61)42(27-39-37-21-18-34-26-35(55)22-24-51(34,4)38(37)23-25-52(39,53)5)67-50-47(66-32(3)54)45(41(57)30-65-50)69-49-46(44(59)40(56)29-64-49)68-48(60)33-16-19-36(62-6)20-17-33/h7,16-20,31,35,37-42,44-47,49-50,55-57,59,61H,1,8-15,21-30H2,2-6H3/t31-,35+,37-,38+,39+,40-,41+,42+,44+,45+,46-,47-,49+,50+,51+,52+,53-/m1/s1. The summed E-state index contributed by atoms with van der Waals surface area (Å²) >= 11 is 0. The Bertz CT molecular complexity index is 1940. The van der Waals surface area contributed by atoms with E-state index in [4.69, 9.17) is 37.9 Å². The van der Waals surface area contributed by atoms with Gasteiger partial charge in [-0.3, -0.25) is 9.59 Å². The van der Waals surface area contributed by atoms with Crippen molar-refractivity contribution in [3.05, 3.63) is 54.1 Å². The minimum atomic E-state index is -1.66. The molecule has 2 aliphatic heterocycles. The van der Waals surface area contributed by atoms with Gasteiger partial charge in [-0.05, 0) is 112 Å². The molecule has 1 aromatic carbocycles. The molecule has 0 unspecified atom stereocenters. The highest BCUT2D eigenvalue weighted by atomic mass is 16.8. The van der Waals surface area contributed by atoms with Crippen LogP contribution < -0.4 is 4.74 Å². The summed E-state index contributed by atoms with van der Waals surface area (Å²) in [5.41, 5.74) is -0.976. The van der Waals surface area contributed by atoms with Crippen molar-refractivity contribution in [1.29, 1.82) is 0 Å². The Hall–Kier alpha value is -3.45. The van der Waals surface area contributed by atoms with E-state index in [-0.39, 0.29) is 54.5 Å². The van der Waals surface area contributed by atoms with E-state index in [0.717, 1.165) is 64.2 Å². The number of hydrogen-bond donors (Lipinski definition) is 5. The summed E-state index contributed by atoms with van der Waals surface area (Å²) in [6.07, 6.45) is 3.20. The topological polar surface area (TPSA) is 226 Å². The van der Waals surface area contributed by atoms with Gasteiger partial charge in [0.25, 0.3) is 0 Å². The first-order chi connectivity index (χ1) is 32.9. The van der Waals surface area contributed by atoms with E-state index >= 15 is 0 Å². The van der Waals surface area contributed by atoms with Crippen LogP contribution in [0.25, 0.3) is 0 Å². The van der Waals surface area contributed by atoms with Crippen LogP contribution in [0.1, 0.15) is 134 Å². The van der Waals surface area contributed by atoms with E-state index in [0.29, 0.717) is 37.4 Å². The minimum Gasteiger partial charge on any atom is -0.497 e. The number of methoxy groups -OCH3 is 1. The molecular weight excluding hydrogens is 893 g/mol. The predicted octanol–water partition coefficient (Wildman–Crippen LogP) is 5.87. The molecule has 2 saturated heterocycles. The van der Waals surface area contributed by atoms with E-state index < -0.39 is 90.8 Å². The predicted molar refractivity (Wildman–Crippen MR) is 250 cm³/mol. The second kappa shape index (κ2) is 23.0. The van der Waals surface area contributed by atoms with Crippen LogP contribution in [0.5, 0.6) is 5.75 Å². The van der Waals surface area contributed by atoms with Crippen molar-refractivity contribution in [2.75, 3.05) is 26.9 Å². The Balaban J connectivity index is 1.12. The Kier molecular flexibility index (Phi) is 17.8. The van der Waals surface area contributed by atoms with E-state index in [2.05, 4.69) is 26.5 Å². The summed E-state index contributed by atoms with van der Waals surface area (Å²) < 4.78 is 47.9. The first-order valence-electron chi connectivity index (χ1n) is 25.4. The molecule has 69 heavy (non-hydrogen) atoms. The van der Waals surface area contributed by atoms with Gasteiger partial charge in [0.2, 0.25) is 0 Å². The van der Waals surface area contributed by atoms with Crippen molar-refractivity contribution in [2.45, 2.75) is 191 Å². The maximum atomic E-state index is 13.6. The van der Waals surface area contributed by atoms with Crippen LogP contribution in [0, 0.1) is 34.5 Å². The second-order valence-corrected chi connectivity index (χ2v) is 21.1. The highest BCUT2D eigenvalue weighted by Crippen LogP contribution is 2.69. The quantitative estimate of drug-likeness (QED) is 0.0446. The maximum absolute atomic E-state index is 13.6. The first kappa shape index (κ1) is 53.4. The van der Waals surface area contributed by atoms with Crippen LogP contribution in [0.2, 0.25) is 0 Å². The average Bonchev–Trinajstić information content (AvgIpc) is 3.56. The van der Waals surface area contributed by atoms with Crippen LogP contribution in [-0.2, 0) is 42.7 Å². The molecule has 16 nitrogen and oxygen atoms in total. The van der Waals surface area contributed by atoms with Gasteiger partial charge in [0.1, 0.15) is 35.8 Å². The summed E-state index contributed by atoms with van der Waals surface area (Å²) in [5.74, 6) is -1.62. The van der Waals surface area contributed by atoms with Gasteiger partial charge in [-0.25, -0.2) is 4.79 Å². The highest BCUT2D eigenvalue weighted by molar-refractivity contribution is 5.89.